The highest BCUT2D eigenvalue weighted by Gasteiger charge is 2.24. The molecule has 0 aromatic carbocycles. The molecule has 3 heterocycles. The average Bonchev–Trinajstić information content (AvgIpc) is 3.44. The summed E-state index contributed by atoms with van der Waals surface area (Å²) in [6.45, 7) is 10.8. The second kappa shape index (κ2) is 10.6. The van der Waals surface area contributed by atoms with Crippen molar-refractivity contribution in [2.24, 2.45) is 4.99 Å². The molecule has 7 nitrogen and oxygen atoms in total. The van der Waals surface area contributed by atoms with E-state index in [1.165, 1.54) is 17.7 Å². The maximum atomic E-state index is 5.32. The number of rotatable bonds is 9. The smallest absolute Gasteiger partial charge is 0.228 e. The third-order valence-electron chi connectivity index (χ3n) is 4.85. The van der Waals surface area contributed by atoms with Crippen molar-refractivity contribution in [3.63, 3.8) is 0 Å². The van der Waals surface area contributed by atoms with Gasteiger partial charge in [0.1, 0.15) is 0 Å². The molecule has 0 spiro atoms. The van der Waals surface area contributed by atoms with Gasteiger partial charge in [-0.05, 0) is 44.3 Å². The van der Waals surface area contributed by atoms with Crippen LogP contribution in [0.5, 0.6) is 0 Å². The van der Waals surface area contributed by atoms with Crippen molar-refractivity contribution in [1.82, 2.24) is 25.7 Å². The second-order valence-corrected chi connectivity index (χ2v) is 8.35. The van der Waals surface area contributed by atoms with E-state index in [1.807, 2.05) is 11.3 Å². The minimum atomic E-state index is 0.282. The van der Waals surface area contributed by atoms with Gasteiger partial charge in [-0.25, -0.2) is 0 Å². The molecule has 28 heavy (non-hydrogen) atoms. The maximum absolute atomic E-state index is 5.32. The maximum Gasteiger partial charge on any atom is 0.228 e. The summed E-state index contributed by atoms with van der Waals surface area (Å²) in [5.74, 6) is 2.55. The molecule has 0 amide bonds. The van der Waals surface area contributed by atoms with Gasteiger partial charge in [0.2, 0.25) is 5.89 Å². The number of guanidine groups is 1. The molecular weight excluding hydrogens is 372 g/mol. The van der Waals surface area contributed by atoms with Crippen molar-refractivity contribution in [1.29, 1.82) is 0 Å². The summed E-state index contributed by atoms with van der Waals surface area (Å²) >= 11 is 1.82. The van der Waals surface area contributed by atoms with Crippen LogP contribution in [0.25, 0.3) is 0 Å². The van der Waals surface area contributed by atoms with Gasteiger partial charge in [-0.3, -0.25) is 9.89 Å². The zero-order valence-corrected chi connectivity index (χ0v) is 18.0. The third kappa shape index (κ3) is 5.78. The standard InChI is InChI=1S/C20H32N6OS/c1-4-21-20(22-10-9-18-24-19(15(2)3)25-27-18)23-14-16(17-8-7-13-28-17)26-11-5-6-12-26/h7-8,13,15-16H,4-6,9-12,14H2,1-3H3,(H2,21,22,23). The van der Waals surface area contributed by atoms with Crippen molar-refractivity contribution >= 4 is 17.3 Å². The Balaban J connectivity index is 1.57. The van der Waals surface area contributed by atoms with E-state index in [2.05, 4.69) is 64.0 Å². The van der Waals surface area contributed by atoms with Crippen molar-refractivity contribution < 1.29 is 4.52 Å². The number of aromatic nitrogens is 2. The number of thiophene rings is 1. The third-order valence-corrected chi connectivity index (χ3v) is 5.82. The van der Waals surface area contributed by atoms with E-state index in [0.29, 0.717) is 24.9 Å². The topological polar surface area (TPSA) is 78.6 Å². The fourth-order valence-corrected chi connectivity index (χ4v) is 4.18. The van der Waals surface area contributed by atoms with Gasteiger partial charge in [0.15, 0.2) is 11.8 Å². The molecule has 2 aromatic rings. The van der Waals surface area contributed by atoms with E-state index < -0.39 is 0 Å². The zero-order valence-electron chi connectivity index (χ0n) is 17.1. The Hall–Kier alpha value is -1.93. The van der Waals surface area contributed by atoms with Crippen LogP contribution in [-0.2, 0) is 6.42 Å². The molecule has 8 heteroatoms. The molecular formula is C20H32N6OS. The van der Waals surface area contributed by atoms with Gasteiger partial charge in [0.05, 0.1) is 12.6 Å². The molecule has 154 valence electrons. The highest BCUT2D eigenvalue weighted by atomic mass is 32.1. The number of likely N-dealkylation sites (tertiary alicyclic amines) is 1. The first-order valence-electron chi connectivity index (χ1n) is 10.3. The largest absolute Gasteiger partial charge is 0.357 e. The van der Waals surface area contributed by atoms with E-state index in [0.717, 1.165) is 38.0 Å². The van der Waals surface area contributed by atoms with E-state index in [1.54, 1.807) is 0 Å². The van der Waals surface area contributed by atoms with Crippen LogP contribution in [0.1, 0.15) is 62.2 Å². The molecule has 1 aliphatic rings. The molecule has 1 aliphatic heterocycles. The van der Waals surface area contributed by atoms with Crippen LogP contribution in [0.3, 0.4) is 0 Å². The Morgan fingerprint density at radius 1 is 1.32 bits per heavy atom. The molecule has 1 atom stereocenters. The Morgan fingerprint density at radius 2 is 2.14 bits per heavy atom. The lowest BCUT2D eigenvalue weighted by molar-refractivity contribution is 0.255. The predicted octanol–water partition coefficient (Wildman–Crippen LogP) is 3.19. The molecule has 3 rings (SSSR count). The lowest BCUT2D eigenvalue weighted by atomic mass is 10.2. The summed E-state index contributed by atoms with van der Waals surface area (Å²) in [6.07, 6.45) is 3.25. The Bertz CT molecular complexity index is 721. The van der Waals surface area contributed by atoms with Gasteiger partial charge in [-0.15, -0.1) is 11.3 Å². The fraction of sp³-hybridized carbons (Fsp3) is 0.650. The molecule has 1 saturated heterocycles. The first kappa shape index (κ1) is 20.8. The normalized spacial score (nSPS) is 16.6. The van der Waals surface area contributed by atoms with E-state index >= 15 is 0 Å². The van der Waals surface area contributed by atoms with Gasteiger partial charge in [-0.2, -0.15) is 4.98 Å². The van der Waals surface area contributed by atoms with Gasteiger partial charge in [0.25, 0.3) is 0 Å². The summed E-state index contributed by atoms with van der Waals surface area (Å²) in [5.41, 5.74) is 0. The van der Waals surface area contributed by atoms with Crippen LogP contribution in [0.15, 0.2) is 27.0 Å². The zero-order chi connectivity index (χ0) is 19.8. The van der Waals surface area contributed by atoms with Gasteiger partial charge < -0.3 is 15.2 Å². The van der Waals surface area contributed by atoms with Crippen LogP contribution in [-0.4, -0.2) is 53.7 Å². The molecule has 1 fully saturated rings. The summed E-state index contributed by atoms with van der Waals surface area (Å²) in [4.78, 5) is 13.3. The van der Waals surface area contributed by atoms with Crippen molar-refractivity contribution in [2.75, 3.05) is 32.7 Å². The highest BCUT2D eigenvalue weighted by Crippen LogP contribution is 2.28. The minimum absolute atomic E-state index is 0.282. The van der Waals surface area contributed by atoms with E-state index in [9.17, 15) is 0 Å². The van der Waals surface area contributed by atoms with Crippen molar-refractivity contribution in [3.8, 4) is 0 Å². The molecule has 2 aromatic heterocycles. The SMILES string of the molecule is CCNC(=NCC(c1cccs1)N1CCCC1)NCCc1nc(C(C)C)no1. The molecule has 0 saturated carbocycles. The van der Waals surface area contributed by atoms with Crippen LogP contribution >= 0.6 is 11.3 Å². The van der Waals surface area contributed by atoms with E-state index in [4.69, 9.17) is 9.52 Å². The number of nitrogens with one attached hydrogen (secondary N) is 2. The first-order valence-corrected chi connectivity index (χ1v) is 11.2. The molecule has 0 radical (unpaired) electrons. The van der Waals surface area contributed by atoms with Crippen molar-refractivity contribution in [3.05, 3.63) is 34.1 Å². The second-order valence-electron chi connectivity index (χ2n) is 7.37. The van der Waals surface area contributed by atoms with Crippen LogP contribution < -0.4 is 10.6 Å². The first-order chi connectivity index (χ1) is 13.7. The van der Waals surface area contributed by atoms with Crippen LogP contribution in [0, 0.1) is 0 Å². The quantitative estimate of drug-likeness (QED) is 0.494. The Morgan fingerprint density at radius 3 is 2.79 bits per heavy atom. The van der Waals surface area contributed by atoms with Gasteiger partial charge >= 0.3 is 0 Å². The van der Waals surface area contributed by atoms with Crippen LogP contribution in [0.2, 0.25) is 0 Å². The Kier molecular flexibility index (Phi) is 7.85. The summed E-state index contributed by atoms with van der Waals surface area (Å²) in [6, 6.07) is 4.72. The monoisotopic (exact) mass is 404 g/mol. The van der Waals surface area contributed by atoms with Crippen LogP contribution in [0.4, 0.5) is 0 Å². The fourth-order valence-electron chi connectivity index (χ4n) is 3.33. The molecule has 2 N–H and O–H groups in total. The summed E-state index contributed by atoms with van der Waals surface area (Å²) in [5, 5.41) is 12.9. The summed E-state index contributed by atoms with van der Waals surface area (Å²) < 4.78 is 5.32. The number of hydrogen-bond acceptors (Lipinski definition) is 6. The summed E-state index contributed by atoms with van der Waals surface area (Å²) in [7, 11) is 0. The van der Waals surface area contributed by atoms with E-state index in [-0.39, 0.29) is 5.92 Å². The van der Waals surface area contributed by atoms with Crippen molar-refractivity contribution in [2.45, 2.75) is 52.0 Å². The average molecular weight is 405 g/mol. The molecule has 0 aliphatic carbocycles. The number of nitrogens with zero attached hydrogens (tertiary/aromatic N) is 4. The highest BCUT2D eigenvalue weighted by molar-refractivity contribution is 7.10. The number of aliphatic imine (C=N–C) groups is 1. The lowest BCUT2D eigenvalue weighted by Gasteiger charge is -2.25. The Labute approximate surface area is 171 Å². The predicted molar refractivity (Wildman–Crippen MR) is 114 cm³/mol. The molecule has 1 unspecified atom stereocenters. The molecule has 0 bridgehead atoms. The van der Waals surface area contributed by atoms with Gasteiger partial charge in [-0.1, -0.05) is 25.1 Å². The number of hydrogen-bond donors (Lipinski definition) is 2. The van der Waals surface area contributed by atoms with Gasteiger partial charge in [0, 0.05) is 30.3 Å². The lowest BCUT2D eigenvalue weighted by Crippen LogP contribution is -2.39. The minimum Gasteiger partial charge on any atom is -0.357 e.